The van der Waals surface area contributed by atoms with Crippen molar-refractivity contribution in [2.45, 2.75) is 11.3 Å². The van der Waals surface area contributed by atoms with Gasteiger partial charge in [-0.2, -0.15) is 5.43 Å². The van der Waals surface area contributed by atoms with E-state index in [0.29, 0.717) is 0 Å². The van der Waals surface area contributed by atoms with E-state index in [4.69, 9.17) is 0 Å². The van der Waals surface area contributed by atoms with Crippen LogP contribution in [0.15, 0.2) is 52.6 Å². The molecular formula is C12H12N4S. The zero-order valence-electron chi connectivity index (χ0n) is 9.15. The quantitative estimate of drug-likeness (QED) is 0.883. The third-order valence-corrected chi connectivity index (χ3v) is 3.49. The topological polar surface area (TPSA) is 40.0 Å². The third-order valence-electron chi connectivity index (χ3n) is 2.46. The number of hydrazine groups is 1. The highest BCUT2D eigenvalue weighted by molar-refractivity contribution is 7.99. The average Bonchev–Trinajstić information content (AvgIpc) is 2.80. The fourth-order valence-electron chi connectivity index (χ4n) is 1.64. The van der Waals surface area contributed by atoms with Gasteiger partial charge in [-0.25, -0.2) is 15.0 Å². The van der Waals surface area contributed by atoms with Crippen LogP contribution in [0.25, 0.3) is 0 Å². The van der Waals surface area contributed by atoms with E-state index in [1.807, 2.05) is 23.4 Å². The monoisotopic (exact) mass is 244 g/mol. The van der Waals surface area contributed by atoms with Crippen LogP contribution in [0.1, 0.15) is 5.56 Å². The molecule has 2 aliphatic heterocycles. The van der Waals surface area contributed by atoms with E-state index in [1.54, 1.807) is 18.0 Å². The van der Waals surface area contributed by atoms with Crippen LogP contribution < -0.4 is 5.43 Å². The summed E-state index contributed by atoms with van der Waals surface area (Å²) in [5.41, 5.74) is 4.61. The molecule has 0 bridgehead atoms. The predicted octanol–water partition coefficient (Wildman–Crippen LogP) is 1.98. The van der Waals surface area contributed by atoms with Gasteiger partial charge in [0, 0.05) is 18.2 Å². The molecule has 5 heteroatoms. The molecule has 86 valence electrons. The second-order valence-electron chi connectivity index (χ2n) is 3.70. The molecule has 1 atom stereocenters. The van der Waals surface area contributed by atoms with E-state index >= 15 is 0 Å². The van der Waals surface area contributed by atoms with Crippen molar-refractivity contribution in [2.24, 2.45) is 9.98 Å². The summed E-state index contributed by atoms with van der Waals surface area (Å²) in [6.45, 7) is 0. The average molecular weight is 244 g/mol. The molecule has 0 saturated carbocycles. The van der Waals surface area contributed by atoms with Crippen LogP contribution in [0.3, 0.4) is 0 Å². The van der Waals surface area contributed by atoms with Crippen molar-refractivity contribution in [1.29, 1.82) is 0 Å². The summed E-state index contributed by atoms with van der Waals surface area (Å²) in [6.07, 6.45) is 5.56. The van der Waals surface area contributed by atoms with E-state index in [1.165, 1.54) is 5.56 Å². The minimum Gasteiger partial charge on any atom is -0.248 e. The number of aliphatic imine (C=N–C) groups is 2. The Bertz CT molecular complexity index is 481. The Morgan fingerprint density at radius 3 is 3.00 bits per heavy atom. The number of rotatable bonds is 3. The van der Waals surface area contributed by atoms with Gasteiger partial charge in [0.1, 0.15) is 0 Å². The molecule has 1 aromatic carbocycles. The Balaban J connectivity index is 1.60. The van der Waals surface area contributed by atoms with Crippen molar-refractivity contribution in [1.82, 2.24) is 10.4 Å². The smallest absolute Gasteiger partial charge is 0.242 e. The maximum Gasteiger partial charge on any atom is 0.242 e. The lowest BCUT2D eigenvalue weighted by molar-refractivity contribution is 0.432. The van der Waals surface area contributed by atoms with E-state index in [-0.39, 0.29) is 5.50 Å². The van der Waals surface area contributed by atoms with Gasteiger partial charge in [-0.05, 0) is 11.6 Å². The largest absolute Gasteiger partial charge is 0.248 e. The first-order chi connectivity index (χ1) is 8.42. The van der Waals surface area contributed by atoms with Crippen LogP contribution in [0, 0.1) is 0 Å². The molecule has 0 fully saturated rings. The number of benzene rings is 1. The molecule has 1 aromatic rings. The van der Waals surface area contributed by atoms with Crippen LogP contribution in [-0.2, 0) is 5.75 Å². The van der Waals surface area contributed by atoms with E-state index < -0.39 is 0 Å². The molecule has 0 aliphatic carbocycles. The molecule has 2 heterocycles. The lowest BCUT2D eigenvalue weighted by Crippen LogP contribution is -2.35. The van der Waals surface area contributed by atoms with Crippen molar-refractivity contribution >= 4 is 23.9 Å². The highest BCUT2D eigenvalue weighted by Gasteiger charge is 2.23. The van der Waals surface area contributed by atoms with Crippen molar-refractivity contribution < 1.29 is 0 Å². The van der Waals surface area contributed by atoms with Gasteiger partial charge in [0.05, 0.1) is 0 Å². The Morgan fingerprint density at radius 2 is 2.18 bits per heavy atom. The number of allylic oxidation sites excluding steroid dienone is 1. The summed E-state index contributed by atoms with van der Waals surface area (Å²) in [6, 6.07) is 10.4. The number of nitrogens with zero attached hydrogens (tertiary/aromatic N) is 3. The van der Waals surface area contributed by atoms with Crippen LogP contribution in [0.4, 0.5) is 0 Å². The van der Waals surface area contributed by atoms with Gasteiger partial charge in [0.15, 0.2) is 5.50 Å². The molecule has 0 saturated heterocycles. The molecule has 1 unspecified atom stereocenters. The fourth-order valence-corrected chi connectivity index (χ4v) is 2.54. The van der Waals surface area contributed by atoms with Gasteiger partial charge >= 0.3 is 0 Å². The van der Waals surface area contributed by atoms with Gasteiger partial charge in [-0.3, -0.25) is 0 Å². The minimum absolute atomic E-state index is 0.0464. The molecule has 3 rings (SSSR count). The highest BCUT2D eigenvalue weighted by atomic mass is 32.2. The molecule has 2 aliphatic rings. The molecule has 0 spiro atoms. The third kappa shape index (κ3) is 2.40. The first-order valence-electron chi connectivity index (χ1n) is 5.41. The number of nitrogens with one attached hydrogen (secondary N) is 1. The van der Waals surface area contributed by atoms with Crippen molar-refractivity contribution in [3.63, 3.8) is 0 Å². The highest BCUT2D eigenvalue weighted by Crippen LogP contribution is 2.21. The Morgan fingerprint density at radius 1 is 1.29 bits per heavy atom. The van der Waals surface area contributed by atoms with Gasteiger partial charge < -0.3 is 0 Å². The van der Waals surface area contributed by atoms with E-state index in [0.717, 1.165) is 11.7 Å². The van der Waals surface area contributed by atoms with Gasteiger partial charge in [0.2, 0.25) is 5.96 Å². The van der Waals surface area contributed by atoms with Gasteiger partial charge in [0.25, 0.3) is 0 Å². The maximum atomic E-state index is 4.47. The summed E-state index contributed by atoms with van der Waals surface area (Å²) in [7, 11) is 0. The van der Waals surface area contributed by atoms with Crippen molar-refractivity contribution in [3.8, 4) is 0 Å². The number of hydrogen-bond acceptors (Lipinski definition) is 5. The normalized spacial score (nSPS) is 21.5. The fraction of sp³-hybridized carbons (Fsp3) is 0.167. The number of fused-ring (bicyclic) bond motifs is 1. The number of thioether (sulfide) groups is 1. The Labute approximate surface area is 104 Å². The Hall–Kier alpha value is -1.59. The Kier molecular flexibility index (Phi) is 2.94. The standard InChI is InChI=1S/C12H12N4S/c1-2-5-10(6-3-1)9-17-12-14-11-13-7-4-8-16(11)15-12/h1-8,12,15H,9H2. The summed E-state index contributed by atoms with van der Waals surface area (Å²) >= 11 is 1.76. The van der Waals surface area contributed by atoms with E-state index in [9.17, 15) is 0 Å². The molecule has 17 heavy (non-hydrogen) atoms. The number of hydrogen-bond donors (Lipinski definition) is 1. The zero-order valence-corrected chi connectivity index (χ0v) is 9.97. The predicted molar refractivity (Wildman–Crippen MR) is 71.6 cm³/mol. The van der Waals surface area contributed by atoms with Crippen LogP contribution in [0.5, 0.6) is 0 Å². The SMILES string of the molecule is C1=CN2NC(SCc3ccccc3)N=C2N=C1. The summed E-state index contributed by atoms with van der Waals surface area (Å²) in [5.74, 6) is 1.68. The molecule has 4 nitrogen and oxygen atoms in total. The summed E-state index contributed by atoms with van der Waals surface area (Å²) in [5, 5.41) is 1.85. The second-order valence-corrected chi connectivity index (χ2v) is 4.77. The molecule has 0 aromatic heterocycles. The lowest BCUT2D eigenvalue weighted by atomic mass is 10.2. The van der Waals surface area contributed by atoms with Crippen LogP contribution in [-0.4, -0.2) is 22.7 Å². The van der Waals surface area contributed by atoms with Gasteiger partial charge in [-0.15, -0.1) is 11.8 Å². The van der Waals surface area contributed by atoms with Gasteiger partial charge in [-0.1, -0.05) is 30.3 Å². The molecular weight excluding hydrogens is 232 g/mol. The van der Waals surface area contributed by atoms with Crippen molar-refractivity contribution in [2.75, 3.05) is 0 Å². The molecule has 1 N–H and O–H groups in total. The van der Waals surface area contributed by atoms with Crippen LogP contribution >= 0.6 is 11.8 Å². The first kappa shape index (κ1) is 10.6. The number of guanidine groups is 1. The second kappa shape index (κ2) is 4.73. The maximum absolute atomic E-state index is 4.47. The molecule has 0 amide bonds. The minimum atomic E-state index is 0.0464. The lowest BCUT2D eigenvalue weighted by Gasteiger charge is -2.15. The first-order valence-corrected chi connectivity index (χ1v) is 6.46. The zero-order chi connectivity index (χ0) is 11.5. The van der Waals surface area contributed by atoms with E-state index in [2.05, 4.69) is 39.7 Å². The summed E-state index contributed by atoms with van der Waals surface area (Å²) in [4.78, 5) is 8.66. The van der Waals surface area contributed by atoms with Crippen molar-refractivity contribution in [3.05, 3.63) is 48.2 Å². The summed E-state index contributed by atoms with van der Waals surface area (Å²) < 4.78 is 0. The molecule has 0 radical (unpaired) electrons. The van der Waals surface area contributed by atoms with Crippen LogP contribution in [0.2, 0.25) is 0 Å².